The first-order chi connectivity index (χ1) is 34.8. The van der Waals surface area contributed by atoms with Gasteiger partial charge in [-0.15, -0.1) is 0 Å². The van der Waals surface area contributed by atoms with Crippen LogP contribution in [0, 0.1) is 0 Å². The second kappa shape index (κ2) is 35.5. The van der Waals surface area contributed by atoms with Gasteiger partial charge < -0.3 is 44.3 Å². The molecule has 0 aliphatic heterocycles. The number of nitrogens with zero attached hydrogens (tertiary/aromatic N) is 3. The normalized spacial score (nSPS) is 11.0. The van der Waals surface area contributed by atoms with E-state index in [-0.39, 0.29) is 6.03 Å². The van der Waals surface area contributed by atoms with Crippen LogP contribution in [-0.2, 0) is 32.7 Å². The number of unbranched alkanes of at least 4 members (excludes halogenated alkanes) is 5. The van der Waals surface area contributed by atoms with Gasteiger partial charge in [-0.05, 0) is 129 Å². The van der Waals surface area contributed by atoms with Gasteiger partial charge in [-0.25, -0.2) is 4.79 Å². The van der Waals surface area contributed by atoms with Crippen molar-refractivity contribution >= 4 is 11.7 Å². The van der Waals surface area contributed by atoms with Crippen molar-refractivity contribution in [1.82, 2.24) is 20.0 Å². The summed E-state index contributed by atoms with van der Waals surface area (Å²) in [6.45, 7) is 21.6. The van der Waals surface area contributed by atoms with Crippen molar-refractivity contribution in [2.24, 2.45) is 0 Å². The van der Waals surface area contributed by atoms with Gasteiger partial charge in [-0.2, -0.15) is 0 Å². The van der Waals surface area contributed by atoms with E-state index in [4.69, 9.17) is 18.9 Å². The molecule has 5 aromatic rings. The van der Waals surface area contributed by atoms with E-state index >= 15 is 0 Å². The average Bonchev–Trinajstić information content (AvgIpc) is 3.41. The Balaban J connectivity index is 0.000000330. The maximum atomic E-state index is 13.6. The molecule has 0 aliphatic rings. The van der Waals surface area contributed by atoms with Crippen molar-refractivity contribution in [3.8, 4) is 23.0 Å². The Hall–Kier alpha value is -5.55. The van der Waals surface area contributed by atoms with Crippen LogP contribution in [0.1, 0.15) is 127 Å². The van der Waals surface area contributed by atoms with E-state index < -0.39 is 0 Å². The number of hydrogen-bond acceptors (Lipinski definition) is 8. The molecule has 5 aromatic carbocycles. The fraction of sp³-hybridized carbons (Fsp3) is 0.492. The SMILES string of the molecule is CCCCN(CCCC)CCNCc1ccc(OCc2ccccc2)c(OC)c1.CCCCc1ccc(NC(=O)N(CCN(CCCC)CCCC)Cc2ccc(OCc3ccccc3)c(OC)c2)cc1. The number of aryl methyl sites for hydroxylation is 1. The highest BCUT2D eigenvalue weighted by Gasteiger charge is 2.18. The largest absolute Gasteiger partial charge is 0.493 e. The second-order valence-corrected chi connectivity index (χ2v) is 18.4. The summed E-state index contributed by atoms with van der Waals surface area (Å²) in [5.74, 6) is 2.92. The lowest BCUT2D eigenvalue weighted by Gasteiger charge is -2.28. The van der Waals surface area contributed by atoms with E-state index in [2.05, 4.69) is 91.5 Å². The summed E-state index contributed by atoms with van der Waals surface area (Å²) in [6.07, 6.45) is 13.2. The van der Waals surface area contributed by atoms with E-state index in [1.807, 2.05) is 89.8 Å². The number of carbonyl (C=O) groups is 1. The van der Waals surface area contributed by atoms with Crippen molar-refractivity contribution in [2.75, 3.05) is 71.9 Å². The van der Waals surface area contributed by atoms with Gasteiger partial charge in [0.1, 0.15) is 13.2 Å². The second-order valence-electron chi connectivity index (χ2n) is 18.4. The third-order valence-corrected chi connectivity index (χ3v) is 12.5. The molecule has 10 heteroatoms. The molecular formula is C61H89N5O5. The minimum absolute atomic E-state index is 0.0920. The molecule has 0 radical (unpaired) electrons. The Morgan fingerprint density at radius 3 is 1.42 bits per heavy atom. The van der Waals surface area contributed by atoms with Gasteiger partial charge in [-0.1, -0.05) is 152 Å². The summed E-state index contributed by atoms with van der Waals surface area (Å²) in [5.41, 5.74) is 6.58. The number of urea groups is 1. The molecule has 0 fully saturated rings. The molecule has 71 heavy (non-hydrogen) atoms. The molecule has 0 atom stereocenters. The molecule has 0 saturated heterocycles. The molecule has 388 valence electrons. The van der Waals surface area contributed by atoms with Crippen molar-refractivity contribution in [3.05, 3.63) is 149 Å². The van der Waals surface area contributed by atoms with Crippen LogP contribution >= 0.6 is 0 Å². The van der Waals surface area contributed by atoms with E-state index in [0.717, 1.165) is 79.6 Å². The van der Waals surface area contributed by atoms with Gasteiger partial charge in [0.05, 0.1) is 14.2 Å². The van der Waals surface area contributed by atoms with Crippen molar-refractivity contribution in [2.45, 2.75) is 132 Å². The predicted octanol–water partition coefficient (Wildman–Crippen LogP) is 13.8. The fourth-order valence-electron chi connectivity index (χ4n) is 8.08. The summed E-state index contributed by atoms with van der Waals surface area (Å²) < 4.78 is 23.2. The number of nitrogens with one attached hydrogen (secondary N) is 2. The Kier molecular flexibility index (Phi) is 29.0. The smallest absolute Gasteiger partial charge is 0.322 e. The van der Waals surface area contributed by atoms with Crippen LogP contribution in [0.5, 0.6) is 23.0 Å². The summed E-state index contributed by atoms with van der Waals surface area (Å²) in [7, 11) is 3.35. The van der Waals surface area contributed by atoms with Crippen molar-refractivity contribution < 1.29 is 23.7 Å². The van der Waals surface area contributed by atoms with Gasteiger partial charge in [0.25, 0.3) is 0 Å². The molecule has 10 nitrogen and oxygen atoms in total. The van der Waals surface area contributed by atoms with Crippen LogP contribution in [-0.4, -0.2) is 87.3 Å². The highest BCUT2D eigenvalue weighted by Crippen LogP contribution is 2.30. The monoisotopic (exact) mass is 972 g/mol. The molecule has 0 heterocycles. The Bertz CT molecular complexity index is 2120. The van der Waals surface area contributed by atoms with Crippen LogP contribution in [0.3, 0.4) is 0 Å². The van der Waals surface area contributed by atoms with Crippen molar-refractivity contribution in [3.63, 3.8) is 0 Å². The molecule has 2 amide bonds. The van der Waals surface area contributed by atoms with Gasteiger partial charge in [-0.3, -0.25) is 0 Å². The van der Waals surface area contributed by atoms with Gasteiger partial charge in [0, 0.05) is 45.0 Å². The van der Waals surface area contributed by atoms with E-state index in [1.165, 1.54) is 88.4 Å². The maximum Gasteiger partial charge on any atom is 0.322 e. The van der Waals surface area contributed by atoms with Crippen LogP contribution < -0.4 is 29.6 Å². The minimum atomic E-state index is -0.0920. The fourth-order valence-corrected chi connectivity index (χ4v) is 8.08. The number of carbonyl (C=O) groups excluding carboxylic acids is 1. The third kappa shape index (κ3) is 23.0. The lowest BCUT2D eigenvalue weighted by Crippen LogP contribution is -2.41. The highest BCUT2D eigenvalue weighted by molar-refractivity contribution is 5.89. The lowest BCUT2D eigenvalue weighted by atomic mass is 10.1. The molecule has 5 rings (SSSR count). The van der Waals surface area contributed by atoms with Crippen LogP contribution in [0.25, 0.3) is 0 Å². The number of rotatable bonds is 34. The summed E-state index contributed by atoms with van der Waals surface area (Å²) >= 11 is 0. The molecule has 0 aromatic heterocycles. The van der Waals surface area contributed by atoms with Crippen LogP contribution in [0.2, 0.25) is 0 Å². The zero-order chi connectivity index (χ0) is 50.7. The molecule has 0 aliphatic carbocycles. The molecule has 0 saturated carbocycles. The number of anilines is 1. The number of ether oxygens (including phenoxy) is 4. The first kappa shape index (κ1) is 58.0. The Morgan fingerprint density at radius 1 is 0.465 bits per heavy atom. The summed E-state index contributed by atoms with van der Waals surface area (Å²) in [4.78, 5) is 20.6. The first-order valence-electron chi connectivity index (χ1n) is 26.8. The van der Waals surface area contributed by atoms with Gasteiger partial charge in [0.15, 0.2) is 23.0 Å². The van der Waals surface area contributed by atoms with Crippen molar-refractivity contribution in [1.29, 1.82) is 0 Å². The minimum Gasteiger partial charge on any atom is -0.493 e. The number of hydrogen-bond donors (Lipinski definition) is 2. The standard InChI is InChI=1S/C36H51N3O3.C25H38N2O2/c1-5-8-14-30-17-20-33(21-18-30)37-36(40)39(26-25-38(23-9-6-2)24-10-7-3)28-32-19-22-34(35(27-32)41-4)42-29-31-15-12-11-13-16-31;1-4-6-16-27(17-7-5-2)18-15-26-20-23-13-14-24(25(19-23)28-3)29-21-22-11-9-8-10-12-22/h11-13,15-22,27H,5-10,14,23-26,28-29H2,1-4H3,(H,37,40);8-14,19,26H,4-7,15-18,20-21H2,1-3H3. The topological polar surface area (TPSA) is 87.8 Å². The maximum absolute atomic E-state index is 13.6. The average molecular weight is 972 g/mol. The first-order valence-corrected chi connectivity index (χ1v) is 26.8. The van der Waals surface area contributed by atoms with Gasteiger partial charge >= 0.3 is 6.03 Å². The summed E-state index contributed by atoms with van der Waals surface area (Å²) in [5, 5.41) is 6.72. The zero-order valence-corrected chi connectivity index (χ0v) is 44.7. The number of amides is 2. The van der Waals surface area contributed by atoms with Crippen LogP contribution in [0.4, 0.5) is 10.5 Å². The molecular weight excluding hydrogens is 883 g/mol. The van der Waals surface area contributed by atoms with E-state index in [9.17, 15) is 4.79 Å². The molecule has 0 unspecified atom stereocenters. The Labute approximate surface area is 429 Å². The lowest BCUT2D eigenvalue weighted by molar-refractivity contribution is 0.188. The quantitative estimate of drug-likeness (QED) is 0.0394. The number of methoxy groups -OCH3 is 2. The Morgan fingerprint density at radius 2 is 0.930 bits per heavy atom. The third-order valence-electron chi connectivity index (χ3n) is 12.5. The van der Waals surface area contributed by atoms with E-state index in [1.54, 1.807) is 14.2 Å². The summed E-state index contributed by atoms with van der Waals surface area (Å²) in [6, 6.07) is 40.6. The van der Waals surface area contributed by atoms with E-state index in [0.29, 0.717) is 37.8 Å². The molecule has 2 N–H and O–H groups in total. The molecule has 0 bridgehead atoms. The van der Waals surface area contributed by atoms with Gasteiger partial charge in [0.2, 0.25) is 0 Å². The molecule has 0 spiro atoms. The highest BCUT2D eigenvalue weighted by atomic mass is 16.5. The zero-order valence-electron chi connectivity index (χ0n) is 44.7. The number of benzene rings is 5. The van der Waals surface area contributed by atoms with Crippen LogP contribution in [0.15, 0.2) is 121 Å². The predicted molar refractivity (Wildman–Crippen MR) is 296 cm³/mol.